The molecular weight excluding hydrogens is 224 g/mol. The van der Waals surface area contributed by atoms with Gasteiger partial charge >= 0.3 is 0 Å². The zero-order valence-corrected chi connectivity index (χ0v) is 11.3. The van der Waals surface area contributed by atoms with Crippen LogP contribution in [0.2, 0.25) is 0 Å². The van der Waals surface area contributed by atoms with Crippen molar-refractivity contribution in [2.24, 2.45) is 0 Å². The summed E-state index contributed by atoms with van der Waals surface area (Å²) in [7, 11) is 2.12. The van der Waals surface area contributed by atoms with Crippen molar-refractivity contribution in [3.8, 4) is 0 Å². The van der Waals surface area contributed by atoms with Crippen molar-refractivity contribution in [1.29, 1.82) is 0 Å². The monoisotopic (exact) mass is 246 g/mol. The second-order valence-electron chi connectivity index (χ2n) is 5.02. The van der Waals surface area contributed by atoms with E-state index in [1.54, 1.807) is 0 Å². The number of nitrogens with zero attached hydrogens (tertiary/aromatic N) is 1. The zero-order chi connectivity index (χ0) is 13.0. The molecule has 0 unspecified atom stereocenters. The number of rotatable bonds is 4. The van der Waals surface area contributed by atoms with Crippen LogP contribution in [0.5, 0.6) is 0 Å². The SMILES string of the molecule is CCCCC(=O)Nc1ccc2c(c1)CCCN2C. The van der Waals surface area contributed by atoms with Crippen molar-refractivity contribution in [2.75, 3.05) is 23.8 Å². The first-order valence-corrected chi connectivity index (χ1v) is 6.84. The number of amides is 1. The van der Waals surface area contributed by atoms with Gasteiger partial charge in [-0.1, -0.05) is 13.3 Å². The molecule has 0 aliphatic carbocycles. The van der Waals surface area contributed by atoms with Gasteiger partial charge in [-0.05, 0) is 43.0 Å². The van der Waals surface area contributed by atoms with E-state index in [4.69, 9.17) is 0 Å². The molecule has 1 heterocycles. The number of hydrogen-bond donors (Lipinski definition) is 1. The summed E-state index contributed by atoms with van der Waals surface area (Å²) >= 11 is 0. The predicted octanol–water partition coefficient (Wildman–Crippen LogP) is 3.20. The fourth-order valence-electron chi connectivity index (χ4n) is 2.42. The van der Waals surface area contributed by atoms with Crippen LogP contribution in [0.15, 0.2) is 18.2 Å². The molecular formula is C15H22N2O. The van der Waals surface area contributed by atoms with Crippen LogP contribution in [0.4, 0.5) is 11.4 Å². The Morgan fingerprint density at radius 2 is 2.28 bits per heavy atom. The minimum atomic E-state index is 0.126. The van der Waals surface area contributed by atoms with E-state index in [-0.39, 0.29) is 5.91 Å². The molecule has 0 aromatic heterocycles. The molecule has 1 amide bonds. The van der Waals surface area contributed by atoms with Crippen molar-refractivity contribution in [1.82, 2.24) is 0 Å². The first-order valence-electron chi connectivity index (χ1n) is 6.84. The molecule has 0 saturated heterocycles. The molecule has 1 aliphatic heterocycles. The maximum Gasteiger partial charge on any atom is 0.224 e. The lowest BCUT2D eigenvalue weighted by Crippen LogP contribution is -2.24. The van der Waals surface area contributed by atoms with Gasteiger partial charge in [-0.3, -0.25) is 4.79 Å². The van der Waals surface area contributed by atoms with E-state index < -0.39 is 0 Å². The third-order valence-electron chi connectivity index (χ3n) is 3.47. The summed E-state index contributed by atoms with van der Waals surface area (Å²) in [4.78, 5) is 14.0. The number of carbonyl (C=O) groups excluding carboxylic acids is 1. The maximum atomic E-state index is 11.7. The van der Waals surface area contributed by atoms with Gasteiger partial charge in [0.1, 0.15) is 0 Å². The normalized spacial score (nSPS) is 14.2. The van der Waals surface area contributed by atoms with Gasteiger partial charge in [0, 0.05) is 31.4 Å². The highest BCUT2D eigenvalue weighted by Crippen LogP contribution is 2.28. The quantitative estimate of drug-likeness (QED) is 0.884. The minimum Gasteiger partial charge on any atom is -0.374 e. The van der Waals surface area contributed by atoms with E-state index in [2.05, 4.69) is 36.3 Å². The van der Waals surface area contributed by atoms with Crippen molar-refractivity contribution >= 4 is 17.3 Å². The van der Waals surface area contributed by atoms with Crippen molar-refractivity contribution < 1.29 is 4.79 Å². The molecule has 0 saturated carbocycles. The second kappa shape index (κ2) is 5.89. The Morgan fingerprint density at radius 1 is 1.44 bits per heavy atom. The first kappa shape index (κ1) is 12.9. The molecule has 0 spiro atoms. The van der Waals surface area contributed by atoms with Crippen LogP contribution < -0.4 is 10.2 Å². The smallest absolute Gasteiger partial charge is 0.224 e. The summed E-state index contributed by atoms with van der Waals surface area (Å²) in [5.74, 6) is 0.126. The lowest BCUT2D eigenvalue weighted by molar-refractivity contribution is -0.116. The van der Waals surface area contributed by atoms with Gasteiger partial charge in [0.25, 0.3) is 0 Å². The Morgan fingerprint density at radius 3 is 3.06 bits per heavy atom. The van der Waals surface area contributed by atoms with Gasteiger partial charge in [-0.15, -0.1) is 0 Å². The lowest BCUT2D eigenvalue weighted by atomic mass is 10.0. The summed E-state index contributed by atoms with van der Waals surface area (Å²) in [6.07, 6.45) is 4.94. The summed E-state index contributed by atoms with van der Waals surface area (Å²) in [5, 5.41) is 2.98. The average Bonchev–Trinajstić information content (AvgIpc) is 2.36. The highest BCUT2D eigenvalue weighted by molar-refractivity contribution is 5.91. The molecule has 1 aromatic rings. The van der Waals surface area contributed by atoms with Gasteiger partial charge in [0.05, 0.1) is 0 Å². The molecule has 98 valence electrons. The van der Waals surface area contributed by atoms with E-state index >= 15 is 0 Å². The molecule has 3 heteroatoms. The molecule has 3 nitrogen and oxygen atoms in total. The molecule has 18 heavy (non-hydrogen) atoms. The number of benzene rings is 1. The van der Waals surface area contributed by atoms with Gasteiger partial charge in [0.15, 0.2) is 0 Å². The minimum absolute atomic E-state index is 0.126. The third kappa shape index (κ3) is 3.03. The van der Waals surface area contributed by atoms with E-state index in [1.165, 1.54) is 17.7 Å². The predicted molar refractivity (Wildman–Crippen MR) is 76.2 cm³/mol. The zero-order valence-electron chi connectivity index (χ0n) is 11.3. The maximum absolute atomic E-state index is 11.7. The number of carbonyl (C=O) groups is 1. The summed E-state index contributed by atoms with van der Waals surface area (Å²) in [5.41, 5.74) is 3.58. The number of nitrogens with one attached hydrogen (secondary N) is 1. The molecule has 1 aromatic carbocycles. The lowest BCUT2D eigenvalue weighted by Gasteiger charge is -2.27. The van der Waals surface area contributed by atoms with Crippen LogP contribution in [0.25, 0.3) is 0 Å². The Labute approximate surface area is 109 Å². The molecule has 0 bridgehead atoms. The standard InChI is InChI=1S/C15H22N2O/c1-3-4-7-15(18)16-13-8-9-14-12(11-13)6-5-10-17(14)2/h8-9,11H,3-7,10H2,1-2H3,(H,16,18). The van der Waals surface area contributed by atoms with Crippen LogP contribution >= 0.6 is 0 Å². The molecule has 1 N–H and O–H groups in total. The topological polar surface area (TPSA) is 32.3 Å². The van der Waals surface area contributed by atoms with Gasteiger partial charge in [-0.25, -0.2) is 0 Å². The number of fused-ring (bicyclic) bond motifs is 1. The van der Waals surface area contributed by atoms with Crippen LogP contribution in [0.3, 0.4) is 0 Å². The van der Waals surface area contributed by atoms with Crippen molar-refractivity contribution in [2.45, 2.75) is 39.0 Å². The summed E-state index contributed by atoms with van der Waals surface area (Å²) in [6, 6.07) is 6.24. The van der Waals surface area contributed by atoms with Crippen LogP contribution in [-0.2, 0) is 11.2 Å². The second-order valence-corrected chi connectivity index (χ2v) is 5.02. The number of hydrogen-bond acceptors (Lipinski definition) is 2. The number of aryl methyl sites for hydroxylation is 1. The van der Waals surface area contributed by atoms with Crippen molar-refractivity contribution in [3.63, 3.8) is 0 Å². The van der Waals surface area contributed by atoms with Crippen molar-refractivity contribution in [3.05, 3.63) is 23.8 Å². The van der Waals surface area contributed by atoms with E-state index in [1.807, 2.05) is 6.07 Å². The molecule has 0 fully saturated rings. The highest BCUT2D eigenvalue weighted by atomic mass is 16.1. The van der Waals surface area contributed by atoms with E-state index in [0.717, 1.165) is 31.5 Å². The molecule has 2 rings (SSSR count). The number of unbranched alkanes of at least 4 members (excludes halogenated alkanes) is 1. The Kier molecular flexibility index (Phi) is 4.24. The number of anilines is 2. The Hall–Kier alpha value is -1.51. The summed E-state index contributed by atoms with van der Waals surface area (Å²) in [6.45, 7) is 3.22. The third-order valence-corrected chi connectivity index (χ3v) is 3.47. The Bertz CT molecular complexity index is 429. The van der Waals surface area contributed by atoms with Crippen LogP contribution in [-0.4, -0.2) is 19.5 Å². The fourth-order valence-corrected chi connectivity index (χ4v) is 2.42. The molecule has 0 radical (unpaired) electrons. The first-order chi connectivity index (χ1) is 8.70. The van der Waals surface area contributed by atoms with E-state index in [9.17, 15) is 4.79 Å². The van der Waals surface area contributed by atoms with Crippen LogP contribution in [0.1, 0.15) is 38.2 Å². The summed E-state index contributed by atoms with van der Waals surface area (Å²) < 4.78 is 0. The Balaban J connectivity index is 2.04. The molecule has 1 aliphatic rings. The van der Waals surface area contributed by atoms with Gasteiger partial charge < -0.3 is 10.2 Å². The molecule has 0 atom stereocenters. The highest BCUT2D eigenvalue weighted by Gasteiger charge is 2.14. The van der Waals surface area contributed by atoms with E-state index in [0.29, 0.717) is 6.42 Å². The largest absolute Gasteiger partial charge is 0.374 e. The van der Waals surface area contributed by atoms with Crippen LogP contribution in [0, 0.1) is 0 Å². The van der Waals surface area contributed by atoms with Gasteiger partial charge in [0.2, 0.25) is 5.91 Å². The fraction of sp³-hybridized carbons (Fsp3) is 0.533. The average molecular weight is 246 g/mol. The van der Waals surface area contributed by atoms with Gasteiger partial charge in [-0.2, -0.15) is 0 Å².